The van der Waals surface area contributed by atoms with Crippen LogP contribution in [-0.2, 0) is 13.1 Å². The standard InChI is InChI=1S/C23H26N2O/c1-24(16-19-9-3-5-11-22(19)25-14-6-7-15-25)17-21-20-10-4-2-8-18(20)12-13-23(21)26/h2-5,8-13,26H,6-7,14-17H2,1H3. The van der Waals surface area contributed by atoms with E-state index in [1.54, 1.807) is 0 Å². The highest BCUT2D eigenvalue weighted by Gasteiger charge is 2.17. The van der Waals surface area contributed by atoms with E-state index in [1.165, 1.54) is 29.5 Å². The van der Waals surface area contributed by atoms with Crippen LogP contribution in [0.3, 0.4) is 0 Å². The number of hydrogen-bond donors (Lipinski definition) is 1. The van der Waals surface area contributed by atoms with Gasteiger partial charge in [-0.2, -0.15) is 0 Å². The first-order valence-electron chi connectivity index (χ1n) is 9.43. The van der Waals surface area contributed by atoms with Crippen LogP contribution in [0.4, 0.5) is 5.69 Å². The van der Waals surface area contributed by atoms with E-state index in [4.69, 9.17) is 0 Å². The third kappa shape index (κ3) is 3.40. The van der Waals surface area contributed by atoms with Crippen LogP contribution in [0.5, 0.6) is 5.75 Å². The highest BCUT2D eigenvalue weighted by molar-refractivity contribution is 5.87. The van der Waals surface area contributed by atoms with E-state index in [0.717, 1.165) is 37.1 Å². The number of phenolic OH excluding ortho intramolecular Hbond substituents is 1. The summed E-state index contributed by atoms with van der Waals surface area (Å²) in [5.74, 6) is 0.378. The van der Waals surface area contributed by atoms with Crippen molar-refractivity contribution in [3.63, 3.8) is 0 Å². The maximum Gasteiger partial charge on any atom is 0.120 e. The highest BCUT2D eigenvalue weighted by Crippen LogP contribution is 2.30. The first-order valence-corrected chi connectivity index (χ1v) is 9.43. The average Bonchev–Trinajstić information content (AvgIpc) is 3.19. The molecular formula is C23H26N2O. The summed E-state index contributed by atoms with van der Waals surface area (Å²) in [6.07, 6.45) is 2.57. The smallest absolute Gasteiger partial charge is 0.120 e. The first-order chi connectivity index (χ1) is 12.7. The Kier molecular flexibility index (Phi) is 4.81. The molecule has 4 rings (SSSR count). The number of fused-ring (bicyclic) bond motifs is 1. The van der Waals surface area contributed by atoms with Crippen LogP contribution < -0.4 is 4.90 Å². The van der Waals surface area contributed by atoms with Gasteiger partial charge in [-0.3, -0.25) is 4.90 Å². The van der Waals surface area contributed by atoms with Gasteiger partial charge in [0.2, 0.25) is 0 Å². The molecule has 3 nitrogen and oxygen atoms in total. The van der Waals surface area contributed by atoms with Crippen molar-refractivity contribution in [3.05, 3.63) is 71.8 Å². The molecule has 3 aromatic carbocycles. The zero-order valence-corrected chi connectivity index (χ0v) is 15.4. The fourth-order valence-electron chi connectivity index (χ4n) is 4.02. The number of benzene rings is 3. The summed E-state index contributed by atoms with van der Waals surface area (Å²) in [5, 5.41) is 12.7. The summed E-state index contributed by atoms with van der Waals surface area (Å²) in [5.41, 5.74) is 3.72. The van der Waals surface area contributed by atoms with E-state index in [1.807, 2.05) is 24.3 Å². The molecule has 1 aliphatic heterocycles. The van der Waals surface area contributed by atoms with Gasteiger partial charge in [0.25, 0.3) is 0 Å². The lowest BCUT2D eigenvalue weighted by Crippen LogP contribution is -2.23. The molecule has 0 bridgehead atoms. The van der Waals surface area contributed by atoms with Crippen LogP contribution >= 0.6 is 0 Å². The summed E-state index contributed by atoms with van der Waals surface area (Å²) in [6.45, 7) is 3.91. The lowest BCUT2D eigenvalue weighted by molar-refractivity contribution is 0.314. The largest absolute Gasteiger partial charge is 0.508 e. The molecule has 3 heteroatoms. The molecule has 1 heterocycles. The van der Waals surface area contributed by atoms with Crippen LogP contribution in [0.15, 0.2) is 60.7 Å². The zero-order chi connectivity index (χ0) is 17.9. The van der Waals surface area contributed by atoms with E-state index in [2.05, 4.69) is 53.2 Å². The zero-order valence-electron chi connectivity index (χ0n) is 15.4. The summed E-state index contributed by atoms with van der Waals surface area (Å²) >= 11 is 0. The molecule has 3 aromatic rings. The van der Waals surface area contributed by atoms with Crippen molar-refractivity contribution in [2.24, 2.45) is 0 Å². The molecule has 0 saturated carbocycles. The average molecular weight is 346 g/mol. The molecule has 1 saturated heterocycles. The molecule has 1 fully saturated rings. The van der Waals surface area contributed by atoms with Crippen molar-refractivity contribution in [3.8, 4) is 5.75 Å². The molecule has 0 amide bonds. The molecule has 0 aromatic heterocycles. The van der Waals surface area contributed by atoms with Gasteiger partial charge in [-0.05, 0) is 48.4 Å². The van der Waals surface area contributed by atoms with Gasteiger partial charge in [0.1, 0.15) is 5.75 Å². The van der Waals surface area contributed by atoms with Crippen LogP contribution in [-0.4, -0.2) is 30.1 Å². The van der Waals surface area contributed by atoms with Gasteiger partial charge in [-0.25, -0.2) is 0 Å². The fraction of sp³-hybridized carbons (Fsp3) is 0.304. The number of nitrogens with zero attached hydrogens (tertiary/aromatic N) is 2. The number of anilines is 1. The van der Waals surface area contributed by atoms with Crippen molar-refractivity contribution in [1.82, 2.24) is 4.90 Å². The molecule has 26 heavy (non-hydrogen) atoms. The van der Waals surface area contributed by atoms with Gasteiger partial charge in [0, 0.05) is 37.4 Å². The van der Waals surface area contributed by atoms with E-state index in [9.17, 15) is 5.11 Å². The normalized spacial score (nSPS) is 14.5. The van der Waals surface area contributed by atoms with Gasteiger partial charge in [0.15, 0.2) is 0 Å². The molecule has 1 aliphatic rings. The van der Waals surface area contributed by atoms with Gasteiger partial charge in [0.05, 0.1) is 0 Å². The monoisotopic (exact) mass is 346 g/mol. The van der Waals surface area contributed by atoms with E-state index in [-0.39, 0.29) is 0 Å². The Morgan fingerprint density at radius 3 is 2.46 bits per heavy atom. The van der Waals surface area contributed by atoms with Crippen LogP contribution in [0, 0.1) is 0 Å². The molecule has 0 unspecified atom stereocenters. The Hall–Kier alpha value is -2.52. The van der Waals surface area contributed by atoms with Gasteiger partial charge in [-0.1, -0.05) is 48.5 Å². The summed E-state index contributed by atoms with van der Waals surface area (Å²) in [7, 11) is 2.13. The van der Waals surface area contributed by atoms with E-state index >= 15 is 0 Å². The predicted octanol–water partition coefficient (Wildman–Crippen LogP) is 4.78. The molecular weight excluding hydrogens is 320 g/mol. The van der Waals surface area contributed by atoms with Gasteiger partial charge < -0.3 is 10.0 Å². The van der Waals surface area contributed by atoms with Crippen molar-refractivity contribution >= 4 is 16.5 Å². The Balaban J connectivity index is 1.57. The molecule has 0 aliphatic carbocycles. The minimum absolute atomic E-state index is 0.378. The summed E-state index contributed by atoms with van der Waals surface area (Å²) in [4.78, 5) is 4.79. The number of aromatic hydroxyl groups is 1. The fourth-order valence-corrected chi connectivity index (χ4v) is 4.02. The van der Waals surface area contributed by atoms with Crippen molar-refractivity contribution in [1.29, 1.82) is 0 Å². The predicted molar refractivity (Wildman–Crippen MR) is 109 cm³/mol. The number of phenols is 1. The Labute approximate surface area is 155 Å². The molecule has 0 atom stereocenters. The summed E-state index contributed by atoms with van der Waals surface area (Å²) in [6, 6.07) is 20.8. The van der Waals surface area contributed by atoms with Gasteiger partial charge >= 0.3 is 0 Å². The molecule has 1 N–H and O–H groups in total. The maximum absolute atomic E-state index is 10.4. The van der Waals surface area contributed by atoms with Crippen LogP contribution in [0.2, 0.25) is 0 Å². The Morgan fingerprint density at radius 1 is 0.885 bits per heavy atom. The second-order valence-electron chi connectivity index (χ2n) is 7.28. The lowest BCUT2D eigenvalue weighted by Gasteiger charge is -2.25. The topological polar surface area (TPSA) is 26.7 Å². The van der Waals surface area contributed by atoms with E-state index in [0.29, 0.717) is 5.75 Å². The minimum atomic E-state index is 0.378. The van der Waals surface area contributed by atoms with Gasteiger partial charge in [-0.15, -0.1) is 0 Å². The second kappa shape index (κ2) is 7.38. The Morgan fingerprint density at radius 2 is 1.62 bits per heavy atom. The quantitative estimate of drug-likeness (QED) is 0.720. The van der Waals surface area contributed by atoms with Crippen molar-refractivity contribution in [2.45, 2.75) is 25.9 Å². The lowest BCUT2D eigenvalue weighted by atomic mass is 10.0. The second-order valence-corrected chi connectivity index (χ2v) is 7.28. The number of para-hydroxylation sites is 1. The third-order valence-corrected chi connectivity index (χ3v) is 5.32. The SMILES string of the molecule is CN(Cc1ccccc1N1CCCC1)Cc1c(O)ccc2ccccc12. The Bertz CT molecular complexity index is 900. The molecule has 0 radical (unpaired) electrons. The first kappa shape index (κ1) is 16.9. The molecule has 0 spiro atoms. The third-order valence-electron chi connectivity index (χ3n) is 5.32. The summed E-state index contributed by atoms with van der Waals surface area (Å²) < 4.78 is 0. The maximum atomic E-state index is 10.4. The van der Waals surface area contributed by atoms with Crippen molar-refractivity contribution < 1.29 is 5.11 Å². The number of hydrogen-bond acceptors (Lipinski definition) is 3. The number of rotatable bonds is 5. The highest BCUT2D eigenvalue weighted by atomic mass is 16.3. The minimum Gasteiger partial charge on any atom is -0.508 e. The van der Waals surface area contributed by atoms with Crippen LogP contribution in [0.25, 0.3) is 10.8 Å². The molecule has 134 valence electrons. The van der Waals surface area contributed by atoms with E-state index < -0.39 is 0 Å². The van der Waals surface area contributed by atoms with Crippen molar-refractivity contribution in [2.75, 3.05) is 25.0 Å². The van der Waals surface area contributed by atoms with Crippen LogP contribution in [0.1, 0.15) is 24.0 Å².